The van der Waals surface area contributed by atoms with Crippen molar-refractivity contribution < 1.29 is 14.6 Å². The highest BCUT2D eigenvalue weighted by atomic mass is 35.5. The molecule has 0 spiro atoms. The van der Waals surface area contributed by atoms with E-state index in [1.54, 1.807) is 7.11 Å². The highest BCUT2D eigenvalue weighted by molar-refractivity contribution is 6.28. The van der Waals surface area contributed by atoms with E-state index in [1.807, 2.05) is 18.2 Å². The molecule has 0 radical (unpaired) electrons. The minimum Gasteiger partial charge on any atom is -0.497 e. The van der Waals surface area contributed by atoms with Gasteiger partial charge in [0.2, 0.25) is 5.28 Å². The monoisotopic (exact) mass is 297 g/mol. The zero-order chi connectivity index (χ0) is 14.4. The third-order valence-corrected chi connectivity index (χ3v) is 2.82. The molecule has 1 aromatic carbocycles. The Morgan fingerprint density at radius 2 is 2.15 bits per heavy atom. The van der Waals surface area contributed by atoms with Gasteiger partial charge in [-0.05, 0) is 29.8 Å². The number of nitrogens with one attached hydrogen (secondary N) is 1. The third-order valence-electron chi connectivity index (χ3n) is 2.65. The number of aliphatic hydroxyl groups excluding tert-OH is 1. The molecular weight excluding hydrogens is 282 g/mol. The number of fused-ring (bicyclic) bond motifs is 1. The van der Waals surface area contributed by atoms with Gasteiger partial charge in [0.25, 0.3) is 0 Å². The second-order valence-corrected chi connectivity index (χ2v) is 4.33. The van der Waals surface area contributed by atoms with Crippen molar-refractivity contribution in [1.29, 1.82) is 0 Å². The van der Waals surface area contributed by atoms with Crippen LogP contribution in [0.15, 0.2) is 18.2 Å². The lowest BCUT2D eigenvalue weighted by atomic mass is 10.2. The summed E-state index contributed by atoms with van der Waals surface area (Å²) in [5.41, 5.74) is 0.740. The van der Waals surface area contributed by atoms with Crippen molar-refractivity contribution >= 4 is 28.3 Å². The van der Waals surface area contributed by atoms with E-state index in [-0.39, 0.29) is 11.9 Å². The predicted octanol–water partition coefficient (Wildman–Crippen LogP) is 1.71. The zero-order valence-corrected chi connectivity index (χ0v) is 11.9. The summed E-state index contributed by atoms with van der Waals surface area (Å²) in [4.78, 5) is 8.34. The van der Waals surface area contributed by atoms with E-state index in [0.717, 1.165) is 16.7 Å². The number of halogens is 1. The maximum atomic E-state index is 8.62. The fourth-order valence-electron chi connectivity index (χ4n) is 1.75. The van der Waals surface area contributed by atoms with Crippen molar-refractivity contribution in [3.63, 3.8) is 0 Å². The largest absolute Gasteiger partial charge is 0.497 e. The Morgan fingerprint density at radius 3 is 2.90 bits per heavy atom. The fraction of sp³-hybridized carbons (Fsp3) is 0.385. The number of methoxy groups -OCH3 is 1. The van der Waals surface area contributed by atoms with Gasteiger partial charge in [0.05, 0.1) is 32.4 Å². The number of hydrogen-bond donors (Lipinski definition) is 2. The molecule has 0 fully saturated rings. The smallest absolute Gasteiger partial charge is 0.224 e. The maximum Gasteiger partial charge on any atom is 0.224 e. The minimum absolute atomic E-state index is 0.0134. The second kappa shape index (κ2) is 7.23. The third kappa shape index (κ3) is 3.69. The summed E-state index contributed by atoms with van der Waals surface area (Å²) < 4.78 is 10.4. The number of aliphatic hydroxyl groups is 1. The van der Waals surface area contributed by atoms with Crippen LogP contribution in [0.3, 0.4) is 0 Å². The Balaban J connectivity index is 2.17. The van der Waals surface area contributed by atoms with Crippen molar-refractivity contribution in [2.24, 2.45) is 0 Å². The first-order valence-corrected chi connectivity index (χ1v) is 6.56. The molecule has 7 heteroatoms. The van der Waals surface area contributed by atoms with E-state index in [1.165, 1.54) is 0 Å². The van der Waals surface area contributed by atoms with Gasteiger partial charge in [-0.1, -0.05) is 0 Å². The second-order valence-electron chi connectivity index (χ2n) is 3.99. The standard InChI is InChI=1S/C13H16ClN3O3/c1-19-9-2-3-11-10(8-9)12(17-13(14)16-11)15-4-6-20-7-5-18/h2-3,8,18H,4-7H2,1H3,(H,15,16,17). The summed E-state index contributed by atoms with van der Waals surface area (Å²) in [6.45, 7) is 1.35. The van der Waals surface area contributed by atoms with Crippen LogP contribution in [0.1, 0.15) is 0 Å². The van der Waals surface area contributed by atoms with Gasteiger partial charge in [0.15, 0.2) is 0 Å². The topological polar surface area (TPSA) is 76.5 Å². The summed E-state index contributed by atoms with van der Waals surface area (Å²) >= 11 is 5.90. The molecule has 0 saturated heterocycles. The van der Waals surface area contributed by atoms with E-state index in [2.05, 4.69) is 15.3 Å². The Labute approximate surface area is 121 Å². The first-order chi connectivity index (χ1) is 9.74. The molecule has 1 heterocycles. The van der Waals surface area contributed by atoms with E-state index in [4.69, 9.17) is 26.2 Å². The number of benzene rings is 1. The molecule has 0 bridgehead atoms. The Kier molecular flexibility index (Phi) is 5.34. The molecule has 0 aliphatic rings. The molecular formula is C13H16ClN3O3. The molecule has 0 atom stereocenters. The molecule has 0 aliphatic heterocycles. The fourth-order valence-corrected chi connectivity index (χ4v) is 1.92. The molecule has 20 heavy (non-hydrogen) atoms. The van der Waals surface area contributed by atoms with Crippen LogP contribution in [0.2, 0.25) is 5.28 Å². The molecule has 6 nitrogen and oxygen atoms in total. The lowest BCUT2D eigenvalue weighted by Gasteiger charge is -2.10. The quantitative estimate of drug-likeness (QED) is 0.598. The Bertz CT molecular complexity index is 580. The van der Waals surface area contributed by atoms with E-state index >= 15 is 0 Å². The summed E-state index contributed by atoms with van der Waals surface area (Å²) in [7, 11) is 1.60. The SMILES string of the molecule is COc1ccc2nc(Cl)nc(NCCOCCO)c2c1. The number of anilines is 1. The predicted molar refractivity (Wildman–Crippen MR) is 77.5 cm³/mol. The van der Waals surface area contributed by atoms with E-state index in [0.29, 0.717) is 25.6 Å². The van der Waals surface area contributed by atoms with Gasteiger partial charge in [-0.25, -0.2) is 9.97 Å². The number of hydrogen-bond acceptors (Lipinski definition) is 6. The molecule has 2 N–H and O–H groups in total. The van der Waals surface area contributed by atoms with Crippen molar-refractivity contribution in [2.75, 3.05) is 38.8 Å². The van der Waals surface area contributed by atoms with Gasteiger partial charge in [0.1, 0.15) is 11.6 Å². The van der Waals surface area contributed by atoms with Crippen molar-refractivity contribution in [3.05, 3.63) is 23.5 Å². The lowest BCUT2D eigenvalue weighted by Crippen LogP contribution is -2.12. The van der Waals surface area contributed by atoms with Crippen LogP contribution >= 0.6 is 11.6 Å². The summed E-state index contributed by atoms with van der Waals surface area (Å²) in [6.07, 6.45) is 0. The van der Waals surface area contributed by atoms with Crippen LogP contribution in [0.25, 0.3) is 10.9 Å². The molecule has 0 aliphatic carbocycles. The van der Waals surface area contributed by atoms with Crippen LogP contribution < -0.4 is 10.1 Å². The van der Waals surface area contributed by atoms with Crippen molar-refractivity contribution in [3.8, 4) is 5.75 Å². The highest BCUT2D eigenvalue weighted by Gasteiger charge is 2.07. The minimum atomic E-state index is 0.0134. The van der Waals surface area contributed by atoms with Gasteiger partial charge in [0, 0.05) is 11.9 Å². The molecule has 0 amide bonds. The van der Waals surface area contributed by atoms with Gasteiger partial charge in [-0.3, -0.25) is 0 Å². The van der Waals surface area contributed by atoms with Gasteiger partial charge in [-0.15, -0.1) is 0 Å². The molecule has 0 saturated carbocycles. The van der Waals surface area contributed by atoms with Gasteiger partial charge < -0.3 is 19.9 Å². The maximum absolute atomic E-state index is 8.62. The summed E-state index contributed by atoms with van der Waals surface area (Å²) in [5, 5.41) is 12.8. The van der Waals surface area contributed by atoms with Gasteiger partial charge in [-0.2, -0.15) is 0 Å². The first-order valence-electron chi connectivity index (χ1n) is 6.18. The molecule has 2 rings (SSSR count). The summed E-state index contributed by atoms with van der Waals surface area (Å²) in [6, 6.07) is 5.50. The Hall–Kier alpha value is -1.63. The molecule has 1 aromatic heterocycles. The van der Waals surface area contributed by atoms with E-state index in [9.17, 15) is 0 Å². The number of nitrogens with zero attached hydrogens (tertiary/aromatic N) is 2. The van der Waals surface area contributed by atoms with Crippen LogP contribution in [0, 0.1) is 0 Å². The first kappa shape index (κ1) is 14.8. The van der Waals surface area contributed by atoms with Crippen molar-refractivity contribution in [1.82, 2.24) is 9.97 Å². The number of rotatable bonds is 7. The highest BCUT2D eigenvalue weighted by Crippen LogP contribution is 2.26. The number of aromatic nitrogens is 2. The average molecular weight is 298 g/mol. The molecule has 108 valence electrons. The lowest BCUT2D eigenvalue weighted by molar-refractivity contribution is 0.0992. The average Bonchev–Trinajstić information content (AvgIpc) is 2.46. The van der Waals surface area contributed by atoms with E-state index < -0.39 is 0 Å². The van der Waals surface area contributed by atoms with Crippen LogP contribution in [-0.4, -0.2) is 48.5 Å². The zero-order valence-electron chi connectivity index (χ0n) is 11.1. The Morgan fingerprint density at radius 1 is 1.30 bits per heavy atom. The molecule has 2 aromatic rings. The van der Waals surface area contributed by atoms with Crippen LogP contribution in [0.4, 0.5) is 5.82 Å². The van der Waals surface area contributed by atoms with Gasteiger partial charge >= 0.3 is 0 Å². The summed E-state index contributed by atoms with van der Waals surface area (Å²) in [5.74, 6) is 1.36. The molecule has 0 unspecified atom stereocenters. The number of ether oxygens (including phenoxy) is 2. The van der Waals surface area contributed by atoms with Crippen LogP contribution in [-0.2, 0) is 4.74 Å². The van der Waals surface area contributed by atoms with Crippen LogP contribution in [0.5, 0.6) is 5.75 Å². The normalized spacial score (nSPS) is 10.8. The van der Waals surface area contributed by atoms with Crippen molar-refractivity contribution in [2.45, 2.75) is 0 Å².